The zero-order valence-corrected chi connectivity index (χ0v) is 19.7. The summed E-state index contributed by atoms with van der Waals surface area (Å²) in [5, 5.41) is 14.9. The van der Waals surface area contributed by atoms with Crippen LogP contribution >= 0.6 is 23.1 Å². The average Bonchev–Trinajstić information content (AvgIpc) is 3.31. The number of aromatic nitrogens is 3. The standard InChI is InChI=1S/C23H26N4O3S2/c1-14(2)21(15-5-8-17-18(12-15)30-10-9-29-17)24-20(28)13-32-23-26-25-22(19-4-3-11-31-19)27(23)16-6-7-16/h3-5,8,11-12,14,16,21H,6-7,9-10,13H2,1-2H3,(H,24,28)/t21-/m0/s1. The lowest BCUT2D eigenvalue weighted by Crippen LogP contribution is -2.33. The Labute approximate surface area is 195 Å². The first kappa shape index (κ1) is 21.3. The van der Waals surface area contributed by atoms with E-state index in [0.29, 0.717) is 25.0 Å². The van der Waals surface area contributed by atoms with Gasteiger partial charge in [-0.2, -0.15) is 0 Å². The highest BCUT2D eigenvalue weighted by Crippen LogP contribution is 2.42. The maximum Gasteiger partial charge on any atom is 0.230 e. The molecule has 2 aromatic heterocycles. The van der Waals surface area contributed by atoms with Crippen LogP contribution in [0.5, 0.6) is 11.5 Å². The number of rotatable bonds is 8. The van der Waals surface area contributed by atoms with Crippen molar-refractivity contribution < 1.29 is 14.3 Å². The van der Waals surface area contributed by atoms with Gasteiger partial charge >= 0.3 is 0 Å². The van der Waals surface area contributed by atoms with Crippen molar-refractivity contribution in [1.82, 2.24) is 20.1 Å². The van der Waals surface area contributed by atoms with Gasteiger partial charge in [0.2, 0.25) is 5.91 Å². The summed E-state index contributed by atoms with van der Waals surface area (Å²) < 4.78 is 13.5. The van der Waals surface area contributed by atoms with Crippen molar-refractivity contribution >= 4 is 29.0 Å². The summed E-state index contributed by atoms with van der Waals surface area (Å²) in [4.78, 5) is 14.0. The van der Waals surface area contributed by atoms with Crippen molar-refractivity contribution in [3.8, 4) is 22.2 Å². The number of amides is 1. The molecule has 1 aromatic carbocycles. The fourth-order valence-electron chi connectivity index (χ4n) is 3.84. The molecule has 5 rings (SSSR count). The molecule has 1 N–H and O–H groups in total. The van der Waals surface area contributed by atoms with Crippen LogP contribution < -0.4 is 14.8 Å². The van der Waals surface area contributed by atoms with Gasteiger partial charge in [-0.15, -0.1) is 21.5 Å². The summed E-state index contributed by atoms with van der Waals surface area (Å²) in [7, 11) is 0. The van der Waals surface area contributed by atoms with Gasteiger partial charge < -0.3 is 14.8 Å². The number of ether oxygens (including phenoxy) is 2. The number of carbonyl (C=O) groups is 1. The monoisotopic (exact) mass is 470 g/mol. The summed E-state index contributed by atoms with van der Waals surface area (Å²) in [6.07, 6.45) is 2.27. The van der Waals surface area contributed by atoms with Crippen molar-refractivity contribution in [3.05, 3.63) is 41.3 Å². The molecule has 32 heavy (non-hydrogen) atoms. The van der Waals surface area contributed by atoms with Crippen molar-refractivity contribution in [3.63, 3.8) is 0 Å². The Kier molecular flexibility index (Phi) is 6.10. The summed E-state index contributed by atoms with van der Waals surface area (Å²) in [5.74, 6) is 2.90. The van der Waals surface area contributed by atoms with Crippen LogP contribution in [-0.2, 0) is 4.79 Å². The lowest BCUT2D eigenvalue weighted by atomic mass is 9.95. The molecule has 0 bridgehead atoms. The molecule has 1 aliphatic carbocycles. The van der Waals surface area contributed by atoms with E-state index >= 15 is 0 Å². The van der Waals surface area contributed by atoms with E-state index in [9.17, 15) is 4.79 Å². The number of hydrogen-bond donors (Lipinski definition) is 1. The van der Waals surface area contributed by atoms with Gasteiger partial charge in [0.1, 0.15) is 13.2 Å². The largest absolute Gasteiger partial charge is 0.486 e. The molecular formula is C23H26N4O3S2. The zero-order chi connectivity index (χ0) is 22.1. The van der Waals surface area contributed by atoms with Crippen LogP contribution in [0.15, 0.2) is 40.9 Å². The first-order chi connectivity index (χ1) is 15.6. The number of benzene rings is 1. The van der Waals surface area contributed by atoms with Gasteiger partial charge in [0.15, 0.2) is 22.5 Å². The molecule has 1 amide bonds. The topological polar surface area (TPSA) is 78.3 Å². The van der Waals surface area contributed by atoms with Crippen LogP contribution in [-0.4, -0.2) is 39.6 Å². The van der Waals surface area contributed by atoms with E-state index < -0.39 is 0 Å². The Morgan fingerprint density at radius 2 is 2.03 bits per heavy atom. The zero-order valence-electron chi connectivity index (χ0n) is 18.1. The molecule has 7 nitrogen and oxygen atoms in total. The molecule has 1 fully saturated rings. The highest BCUT2D eigenvalue weighted by molar-refractivity contribution is 7.99. The average molecular weight is 471 g/mol. The number of fused-ring (bicyclic) bond motifs is 1. The summed E-state index contributed by atoms with van der Waals surface area (Å²) >= 11 is 3.11. The van der Waals surface area contributed by atoms with Crippen LogP contribution in [0, 0.1) is 5.92 Å². The molecule has 9 heteroatoms. The van der Waals surface area contributed by atoms with Gasteiger partial charge in [0.25, 0.3) is 0 Å². The molecule has 2 aliphatic rings. The number of thioether (sulfide) groups is 1. The number of nitrogens with one attached hydrogen (secondary N) is 1. The Morgan fingerprint density at radius 1 is 1.22 bits per heavy atom. The number of hydrogen-bond acceptors (Lipinski definition) is 7. The third-order valence-corrected chi connectivity index (χ3v) is 7.37. The van der Waals surface area contributed by atoms with Crippen molar-refractivity contribution in [2.75, 3.05) is 19.0 Å². The molecule has 3 aromatic rings. The fourth-order valence-corrected chi connectivity index (χ4v) is 5.37. The number of carbonyl (C=O) groups excluding carboxylic acids is 1. The van der Waals surface area contributed by atoms with Gasteiger partial charge in [-0.3, -0.25) is 9.36 Å². The quantitative estimate of drug-likeness (QED) is 0.480. The Hall–Kier alpha value is -2.52. The second-order valence-electron chi connectivity index (χ2n) is 8.37. The van der Waals surface area contributed by atoms with Crippen LogP contribution in [0.4, 0.5) is 0 Å². The molecule has 0 unspecified atom stereocenters. The lowest BCUT2D eigenvalue weighted by Gasteiger charge is -2.25. The van der Waals surface area contributed by atoms with Crippen LogP contribution in [0.1, 0.15) is 44.3 Å². The molecule has 168 valence electrons. The molecule has 0 radical (unpaired) electrons. The van der Waals surface area contributed by atoms with Gasteiger partial charge in [0, 0.05) is 6.04 Å². The van der Waals surface area contributed by atoms with Gasteiger partial charge in [-0.25, -0.2) is 0 Å². The van der Waals surface area contributed by atoms with Crippen LogP contribution in [0.2, 0.25) is 0 Å². The number of thiophene rings is 1. The maximum atomic E-state index is 12.9. The van der Waals surface area contributed by atoms with E-state index in [1.54, 1.807) is 11.3 Å². The van der Waals surface area contributed by atoms with Gasteiger partial charge in [-0.1, -0.05) is 37.7 Å². The van der Waals surface area contributed by atoms with Crippen molar-refractivity contribution in [1.29, 1.82) is 0 Å². The third-order valence-electron chi connectivity index (χ3n) is 5.56. The Bertz CT molecular complexity index is 1090. The Morgan fingerprint density at radius 3 is 2.75 bits per heavy atom. The molecule has 1 saturated carbocycles. The van der Waals surface area contributed by atoms with E-state index in [2.05, 4.69) is 40.0 Å². The van der Waals surface area contributed by atoms with Crippen molar-refractivity contribution in [2.24, 2.45) is 5.92 Å². The minimum atomic E-state index is -0.109. The van der Waals surface area contributed by atoms with E-state index in [0.717, 1.165) is 45.8 Å². The second kappa shape index (κ2) is 9.15. The predicted octanol–water partition coefficient (Wildman–Crippen LogP) is 4.72. The van der Waals surface area contributed by atoms with Gasteiger partial charge in [0.05, 0.1) is 16.7 Å². The summed E-state index contributed by atoms with van der Waals surface area (Å²) in [5.41, 5.74) is 1.02. The second-order valence-corrected chi connectivity index (χ2v) is 10.3. The number of nitrogens with zero attached hydrogens (tertiary/aromatic N) is 3. The van der Waals surface area contributed by atoms with E-state index in [1.165, 1.54) is 11.8 Å². The predicted molar refractivity (Wildman–Crippen MR) is 125 cm³/mol. The lowest BCUT2D eigenvalue weighted by molar-refractivity contribution is -0.119. The van der Waals surface area contributed by atoms with E-state index in [1.807, 2.05) is 29.6 Å². The molecule has 1 atom stereocenters. The molecule has 0 spiro atoms. The first-order valence-electron chi connectivity index (χ1n) is 10.9. The molecular weight excluding hydrogens is 444 g/mol. The normalized spacial score (nSPS) is 16.2. The molecule has 0 saturated heterocycles. The smallest absolute Gasteiger partial charge is 0.230 e. The minimum absolute atomic E-state index is 0.0217. The first-order valence-corrected chi connectivity index (χ1v) is 12.8. The van der Waals surface area contributed by atoms with Crippen LogP contribution in [0.25, 0.3) is 10.7 Å². The minimum Gasteiger partial charge on any atom is -0.486 e. The van der Waals surface area contributed by atoms with E-state index in [-0.39, 0.29) is 17.9 Å². The van der Waals surface area contributed by atoms with Crippen LogP contribution in [0.3, 0.4) is 0 Å². The SMILES string of the molecule is CC(C)[C@H](NC(=O)CSc1nnc(-c2cccs2)n1C1CC1)c1ccc2c(c1)OCCO2. The van der Waals surface area contributed by atoms with Gasteiger partial charge in [-0.05, 0) is 47.9 Å². The fraction of sp³-hybridized carbons (Fsp3) is 0.435. The summed E-state index contributed by atoms with van der Waals surface area (Å²) in [6.45, 7) is 5.31. The Balaban J connectivity index is 1.27. The molecule has 3 heterocycles. The maximum absolute atomic E-state index is 12.9. The highest BCUT2D eigenvalue weighted by atomic mass is 32.2. The van der Waals surface area contributed by atoms with Crippen molar-refractivity contribution in [2.45, 2.75) is 43.9 Å². The summed E-state index contributed by atoms with van der Waals surface area (Å²) in [6, 6.07) is 10.3. The molecule has 1 aliphatic heterocycles. The highest BCUT2D eigenvalue weighted by Gasteiger charge is 2.31. The van der Waals surface area contributed by atoms with E-state index in [4.69, 9.17) is 9.47 Å². The third kappa shape index (κ3) is 4.49.